The normalized spacial score (nSPS) is 18.5. The standard InChI is InChI=1S/C25H22N2O4/c1-16-11-12-21-18(13-16)23-19(14-26-25(29)30-15-17-7-3-2-4-8-17)24(28)27(23)20-9-5-6-10-22(20)31-21/h2-13,19,23H,14-15H2,1H3,(H,26,29)/t19-,23-/m0/s1. The Balaban J connectivity index is 1.34. The number of benzene rings is 3. The number of nitrogens with zero attached hydrogens (tertiary/aromatic N) is 1. The maximum Gasteiger partial charge on any atom is 0.407 e. The number of amides is 2. The Bertz CT molecular complexity index is 1150. The smallest absolute Gasteiger partial charge is 0.407 e. The molecule has 156 valence electrons. The molecule has 3 aromatic carbocycles. The Morgan fingerprint density at radius 1 is 1.03 bits per heavy atom. The highest BCUT2D eigenvalue weighted by Gasteiger charge is 2.51. The molecule has 2 amide bonds. The quantitative estimate of drug-likeness (QED) is 0.627. The van der Waals surface area contributed by atoms with E-state index < -0.39 is 6.09 Å². The van der Waals surface area contributed by atoms with Crippen LogP contribution >= 0.6 is 0 Å². The lowest BCUT2D eigenvalue weighted by molar-refractivity contribution is -0.130. The summed E-state index contributed by atoms with van der Waals surface area (Å²) >= 11 is 0. The molecule has 0 aromatic heterocycles. The number of carbonyl (C=O) groups excluding carboxylic acids is 2. The van der Waals surface area contributed by atoms with Crippen LogP contribution in [0.5, 0.6) is 11.5 Å². The molecule has 0 radical (unpaired) electrons. The van der Waals surface area contributed by atoms with Gasteiger partial charge in [0.05, 0.1) is 17.6 Å². The lowest BCUT2D eigenvalue weighted by atomic mass is 9.81. The topological polar surface area (TPSA) is 67.9 Å². The lowest BCUT2D eigenvalue weighted by Gasteiger charge is -2.46. The first-order chi connectivity index (χ1) is 15.1. The van der Waals surface area contributed by atoms with Gasteiger partial charge in [-0.1, -0.05) is 60.2 Å². The van der Waals surface area contributed by atoms with Gasteiger partial charge in [-0.3, -0.25) is 9.69 Å². The molecule has 3 aromatic rings. The van der Waals surface area contributed by atoms with Gasteiger partial charge in [0.25, 0.3) is 0 Å². The van der Waals surface area contributed by atoms with Gasteiger partial charge in [0, 0.05) is 12.1 Å². The highest BCUT2D eigenvalue weighted by Crippen LogP contribution is 2.52. The summed E-state index contributed by atoms with van der Waals surface area (Å²) in [7, 11) is 0. The monoisotopic (exact) mass is 414 g/mol. The number of nitrogens with one attached hydrogen (secondary N) is 1. The Morgan fingerprint density at radius 3 is 2.65 bits per heavy atom. The summed E-state index contributed by atoms with van der Waals surface area (Å²) in [6, 6.07) is 22.8. The van der Waals surface area contributed by atoms with E-state index in [4.69, 9.17) is 9.47 Å². The third-order valence-electron chi connectivity index (χ3n) is 5.72. The van der Waals surface area contributed by atoms with Crippen molar-refractivity contribution in [3.05, 3.63) is 89.5 Å². The van der Waals surface area contributed by atoms with E-state index in [-0.39, 0.29) is 31.0 Å². The first kappa shape index (κ1) is 19.2. The molecule has 6 nitrogen and oxygen atoms in total. The molecule has 1 saturated heterocycles. The number of carbonyl (C=O) groups is 2. The summed E-state index contributed by atoms with van der Waals surface area (Å²) in [4.78, 5) is 27.1. The number of ether oxygens (including phenoxy) is 2. The van der Waals surface area contributed by atoms with Gasteiger partial charge in [-0.2, -0.15) is 0 Å². The van der Waals surface area contributed by atoms with Gasteiger partial charge < -0.3 is 14.8 Å². The van der Waals surface area contributed by atoms with Crippen molar-refractivity contribution in [2.75, 3.05) is 11.4 Å². The fraction of sp³-hybridized carbons (Fsp3) is 0.200. The number of fused-ring (bicyclic) bond motifs is 5. The summed E-state index contributed by atoms with van der Waals surface area (Å²) in [6.07, 6.45) is -0.537. The minimum absolute atomic E-state index is 0.0428. The predicted molar refractivity (Wildman–Crippen MR) is 116 cm³/mol. The molecule has 0 saturated carbocycles. The zero-order valence-electron chi connectivity index (χ0n) is 17.1. The molecule has 31 heavy (non-hydrogen) atoms. The van der Waals surface area contributed by atoms with E-state index in [1.165, 1.54) is 0 Å². The van der Waals surface area contributed by atoms with Crippen LogP contribution in [0.1, 0.15) is 22.7 Å². The maximum atomic E-state index is 13.1. The van der Waals surface area contributed by atoms with Gasteiger partial charge in [0.2, 0.25) is 5.91 Å². The molecule has 1 N–H and O–H groups in total. The SMILES string of the molecule is Cc1ccc2c(c1)[C@H]1[C@H](CNC(=O)OCc3ccccc3)C(=O)N1c1ccccc1O2. The number of aryl methyl sites for hydroxylation is 1. The van der Waals surface area contributed by atoms with Gasteiger partial charge in [-0.05, 0) is 30.7 Å². The minimum atomic E-state index is -0.537. The summed E-state index contributed by atoms with van der Waals surface area (Å²) < 4.78 is 11.4. The number of hydrogen-bond donors (Lipinski definition) is 1. The Morgan fingerprint density at radius 2 is 1.81 bits per heavy atom. The van der Waals surface area contributed by atoms with Crippen molar-refractivity contribution in [3.63, 3.8) is 0 Å². The summed E-state index contributed by atoms with van der Waals surface area (Å²) in [5.41, 5.74) is 3.68. The average molecular weight is 414 g/mol. The minimum Gasteiger partial charge on any atom is -0.455 e. The first-order valence-electron chi connectivity index (χ1n) is 10.3. The molecule has 5 rings (SSSR count). The van der Waals surface area contributed by atoms with E-state index in [9.17, 15) is 9.59 Å². The molecule has 0 bridgehead atoms. The Labute approximate surface area is 180 Å². The second-order valence-corrected chi connectivity index (χ2v) is 7.81. The molecule has 1 fully saturated rings. The van der Waals surface area contributed by atoms with Crippen LogP contribution in [0.15, 0.2) is 72.8 Å². The molecule has 6 heteroatoms. The van der Waals surface area contributed by atoms with Crippen molar-refractivity contribution in [1.29, 1.82) is 0 Å². The Hall–Kier alpha value is -3.80. The third-order valence-corrected chi connectivity index (χ3v) is 5.72. The highest BCUT2D eigenvalue weighted by molar-refractivity contribution is 6.05. The number of rotatable bonds is 4. The molecule has 2 atom stereocenters. The van der Waals surface area contributed by atoms with Crippen LogP contribution in [0.25, 0.3) is 0 Å². The summed E-state index contributed by atoms with van der Waals surface area (Å²) in [5, 5.41) is 2.76. The van der Waals surface area contributed by atoms with Crippen molar-refractivity contribution in [1.82, 2.24) is 5.32 Å². The van der Waals surface area contributed by atoms with Crippen LogP contribution in [0, 0.1) is 12.8 Å². The third kappa shape index (κ3) is 3.50. The summed E-state index contributed by atoms with van der Waals surface area (Å²) in [6.45, 7) is 2.39. The fourth-order valence-electron chi connectivity index (χ4n) is 4.19. The lowest BCUT2D eigenvalue weighted by Crippen LogP contribution is -2.58. The van der Waals surface area contributed by atoms with Crippen molar-refractivity contribution < 1.29 is 19.1 Å². The van der Waals surface area contributed by atoms with Crippen molar-refractivity contribution in [2.24, 2.45) is 5.92 Å². The molecule has 0 spiro atoms. The van der Waals surface area contributed by atoms with E-state index in [2.05, 4.69) is 5.32 Å². The zero-order valence-corrected chi connectivity index (χ0v) is 17.1. The number of anilines is 1. The number of alkyl carbamates (subject to hydrolysis) is 1. The Kier molecular flexibility index (Phi) is 4.82. The van der Waals surface area contributed by atoms with Crippen LogP contribution in [-0.2, 0) is 16.1 Å². The van der Waals surface area contributed by atoms with Crippen LogP contribution in [-0.4, -0.2) is 18.5 Å². The maximum absolute atomic E-state index is 13.1. The number of hydrogen-bond acceptors (Lipinski definition) is 4. The molecular weight excluding hydrogens is 392 g/mol. The predicted octanol–water partition coefficient (Wildman–Crippen LogP) is 4.73. The largest absolute Gasteiger partial charge is 0.455 e. The average Bonchev–Trinajstić information content (AvgIpc) is 2.91. The fourth-order valence-corrected chi connectivity index (χ4v) is 4.19. The van der Waals surface area contributed by atoms with Gasteiger partial charge in [0.1, 0.15) is 12.4 Å². The van der Waals surface area contributed by atoms with E-state index in [0.717, 1.165) is 28.1 Å². The van der Waals surface area contributed by atoms with Gasteiger partial charge >= 0.3 is 6.09 Å². The van der Waals surface area contributed by atoms with Gasteiger partial charge in [-0.15, -0.1) is 0 Å². The van der Waals surface area contributed by atoms with Crippen LogP contribution in [0.4, 0.5) is 10.5 Å². The highest BCUT2D eigenvalue weighted by atomic mass is 16.5. The van der Waals surface area contributed by atoms with E-state index >= 15 is 0 Å². The van der Waals surface area contributed by atoms with Gasteiger partial charge in [-0.25, -0.2) is 4.79 Å². The van der Waals surface area contributed by atoms with Crippen molar-refractivity contribution in [3.8, 4) is 11.5 Å². The second kappa shape index (κ2) is 7.80. The molecular formula is C25H22N2O4. The second-order valence-electron chi connectivity index (χ2n) is 7.81. The first-order valence-corrected chi connectivity index (χ1v) is 10.3. The molecule has 0 aliphatic carbocycles. The van der Waals surface area contributed by atoms with E-state index in [1.807, 2.05) is 79.7 Å². The molecule has 2 aliphatic rings. The van der Waals surface area contributed by atoms with Crippen molar-refractivity contribution in [2.45, 2.75) is 19.6 Å². The van der Waals surface area contributed by atoms with E-state index in [0.29, 0.717) is 5.75 Å². The zero-order chi connectivity index (χ0) is 21.4. The summed E-state index contributed by atoms with van der Waals surface area (Å²) in [5.74, 6) is 0.949. The van der Waals surface area contributed by atoms with E-state index in [1.54, 1.807) is 4.90 Å². The van der Waals surface area contributed by atoms with Crippen LogP contribution < -0.4 is 15.0 Å². The number of para-hydroxylation sites is 2. The number of β-lactam (4-membered cyclic amide) rings is 1. The van der Waals surface area contributed by atoms with Crippen LogP contribution in [0.3, 0.4) is 0 Å². The molecule has 2 aliphatic heterocycles. The molecule has 2 heterocycles. The molecule has 0 unspecified atom stereocenters. The van der Waals surface area contributed by atoms with Gasteiger partial charge in [0.15, 0.2) is 5.75 Å². The van der Waals surface area contributed by atoms with Crippen molar-refractivity contribution >= 4 is 17.7 Å². The van der Waals surface area contributed by atoms with Crippen LogP contribution in [0.2, 0.25) is 0 Å².